The third kappa shape index (κ3) is 3.53. The number of nitrogens with zero attached hydrogens (tertiary/aromatic N) is 6. The Morgan fingerprint density at radius 2 is 1.93 bits per heavy atom. The van der Waals surface area contributed by atoms with Gasteiger partial charge in [-0.05, 0) is 12.5 Å². The quantitative estimate of drug-likeness (QED) is 0.701. The zero-order chi connectivity index (χ0) is 18.8. The van der Waals surface area contributed by atoms with Crippen molar-refractivity contribution in [2.75, 3.05) is 6.54 Å². The molecule has 0 saturated carbocycles. The van der Waals surface area contributed by atoms with Crippen LogP contribution in [0.25, 0.3) is 11.5 Å². The van der Waals surface area contributed by atoms with Crippen molar-refractivity contribution in [2.45, 2.75) is 26.3 Å². The molecule has 1 aliphatic heterocycles. The summed E-state index contributed by atoms with van der Waals surface area (Å²) in [5, 5.41) is 6.18. The van der Waals surface area contributed by atoms with E-state index in [2.05, 4.69) is 15.1 Å². The fraction of sp³-hybridized carbons (Fsp3) is 0.300. The summed E-state index contributed by atoms with van der Waals surface area (Å²) in [6.45, 7) is 3.08. The molecule has 0 bridgehead atoms. The van der Waals surface area contributed by atoms with Gasteiger partial charge < -0.3 is 9.13 Å². The lowest BCUT2D eigenvalue weighted by Crippen LogP contribution is -2.34. The number of hydrogen-bond donors (Lipinski definition) is 0. The summed E-state index contributed by atoms with van der Waals surface area (Å²) in [5.41, 5.74) is 2.86. The second-order valence-electron chi connectivity index (χ2n) is 6.66. The molecule has 0 N–H and O–H groups in total. The second-order valence-corrected chi connectivity index (χ2v) is 6.66. The fourth-order valence-corrected chi connectivity index (χ4v) is 3.21. The summed E-state index contributed by atoms with van der Waals surface area (Å²) in [7, 11) is 1.96. The summed E-state index contributed by atoms with van der Waals surface area (Å²) in [4.78, 5) is 21.3. The molecule has 27 heavy (non-hydrogen) atoms. The summed E-state index contributed by atoms with van der Waals surface area (Å²) < 4.78 is 3.99. The molecule has 7 heteroatoms. The Morgan fingerprint density at radius 3 is 2.67 bits per heavy atom. The van der Waals surface area contributed by atoms with Gasteiger partial charge in [-0.15, -0.1) is 0 Å². The first-order valence-electron chi connectivity index (χ1n) is 9.06. The molecule has 0 spiro atoms. The van der Waals surface area contributed by atoms with E-state index in [1.165, 1.54) is 0 Å². The molecule has 4 rings (SSSR count). The number of aryl methyl sites for hydroxylation is 2. The zero-order valence-corrected chi connectivity index (χ0v) is 15.5. The van der Waals surface area contributed by atoms with Gasteiger partial charge in [0, 0.05) is 45.0 Å². The van der Waals surface area contributed by atoms with E-state index in [-0.39, 0.29) is 5.91 Å². The topological polar surface area (TPSA) is 68.3 Å². The molecule has 0 saturated heterocycles. The van der Waals surface area contributed by atoms with Crippen LogP contribution in [0.2, 0.25) is 0 Å². The Labute approximate surface area is 158 Å². The van der Waals surface area contributed by atoms with Crippen LogP contribution < -0.4 is 0 Å². The molecule has 0 fully saturated rings. The predicted octanol–water partition coefficient (Wildman–Crippen LogP) is 2.62. The maximum Gasteiger partial charge on any atom is 0.243 e. The van der Waals surface area contributed by atoms with Crippen molar-refractivity contribution < 1.29 is 4.79 Å². The monoisotopic (exact) mass is 362 g/mol. The number of hydrogen-bond acceptors (Lipinski definition) is 4. The zero-order valence-electron chi connectivity index (χ0n) is 15.5. The van der Waals surface area contributed by atoms with Gasteiger partial charge >= 0.3 is 0 Å². The Bertz CT molecular complexity index is 966. The lowest BCUT2D eigenvalue weighted by Gasteiger charge is -2.24. The number of hydrazone groups is 1. The molecular weight excluding hydrogens is 340 g/mol. The lowest BCUT2D eigenvalue weighted by atomic mass is 10.0. The molecule has 138 valence electrons. The van der Waals surface area contributed by atoms with Crippen LogP contribution in [0, 0.1) is 6.92 Å². The third-order valence-electron chi connectivity index (χ3n) is 4.82. The lowest BCUT2D eigenvalue weighted by molar-refractivity contribution is -0.131. The van der Waals surface area contributed by atoms with Crippen LogP contribution in [0.1, 0.15) is 24.2 Å². The van der Waals surface area contributed by atoms with E-state index in [9.17, 15) is 4.79 Å². The minimum atomic E-state index is 0.0602. The second kappa shape index (κ2) is 7.19. The smallest absolute Gasteiger partial charge is 0.243 e. The van der Waals surface area contributed by atoms with Gasteiger partial charge in [-0.2, -0.15) is 5.10 Å². The van der Waals surface area contributed by atoms with E-state index in [0.29, 0.717) is 25.9 Å². The van der Waals surface area contributed by atoms with Crippen LogP contribution in [0.4, 0.5) is 0 Å². The van der Waals surface area contributed by atoms with E-state index in [1.54, 1.807) is 11.2 Å². The van der Waals surface area contributed by atoms with Gasteiger partial charge in [0.05, 0.1) is 12.3 Å². The van der Waals surface area contributed by atoms with Crippen molar-refractivity contribution >= 4 is 11.6 Å². The highest BCUT2D eigenvalue weighted by Crippen LogP contribution is 2.18. The molecule has 3 heterocycles. The summed E-state index contributed by atoms with van der Waals surface area (Å²) in [5.74, 6) is 1.79. The van der Waals surface area contributed by atoms with E-state index in [0.717, 1.165) is 28.6 Å². The van der Waals surface area contributed by atoms with Crippen LogP contribution in [0.15, 0.2) is 54.0 Å². The first-order chi connectivity index (χ1) is 13.1. The highest BCUT2D eigenvalue weighted by atomic mass is 16.2. The van der Waals surface area contributed by atoms with Gasteiger partial charge in [0.15, 0.2) is 5.82 Å². The van der Waals surface area contributed by atoms with Crippen LogP contribution >= 0.6 is 0 Å². The van der Waals surface area contributed by atoms with Crippen LogP contribution in [-0.2, 0) is 18.4 Å². The van der Waals surface area contributed by atoms with Crippen molar-refractivity contribution in [2.24, 2.45) is 12.1 Å². The van der Waals surface area contributed by atoms with Gasteiger partial charge in [-0.3, -0.25) is 4.79 Å². The first-order valence-corrected chi connectivity index (χ1v) is 9.06. The number of rotatable bonds is 5. The molecule has 0 atom stereocenters. The predicted molar refractivity (Wildman–Crippen MR) is 103 cm³/mol. The molecule has 0 aliphatic carbocycles. The molecule has 1 aliphatic rings. The maximum atomic E-state index is 12.3. The standard InChI is InChI=1S/C20H22N6O/c1-15-22-18(14-24(15)2)20-21-10-11-25(20)12-13-26-19(27)9-8-17(23-26)16-6-4-3-5-7-16/h3-7,10-11,14H,8-9,12-13H2,1-2H3. The number of benzene rings is 1. The van der Waals surface area contributed by atoms with Gasteiger partial charge in [-0.25, -0.2) is 15.0 Å². The average Bonchev–Trinajstić information content (AvgIpc) is 3.28. The molecule has 3 aromatic rings. The third-order valence-corrected chi connectivity index (χ3v) is 4.82. The Hall–Kier alpha value is -3.22. The Balaban J connectivity index is 1.52. The van der Waals surface area contributed by atoms with Crippen molar-refractivity contribution in [3.8, 4) is 11.5 Å². The molecule has 1 amide bonds. The number of carbonyl (C=O) groups excluding carboxylic acids is 1. The molecule has 1 aromatic carbocycles. The van der Waals surface area contributed by atoms with E-state index in [4.69, 9.17) is 0 Å². The van der Waals surface area contributed by atoms with Crippen LogP contribution in [0.5, 0.6) is 0 Å². The van der Waals surface area contributed by atoms with E-state index in [1.807, 2.05) is 65.8 Å². The molecule has 7 nitrogen and oxygen atoms in total. The minimum absolute atomic E-state index is 0.0602. The van der Waals surface area contributed by atoms with Crippen molar-refractivity contribution in [1.29, 1.82) is 0 Å². The molecule has 0 unspecified atom stereocenters. The summed E-state index contributed by atoms with van der Waals surface area (Å²) in [6.07, 6.45) is 6.81. The summed E-state index contributed by atoms with van der Waals surface area (Å²) in [6, 6.07) is 10.0. The largest absolute Gasteiger partial charge is 0.337 e. The van der Waals surface area contributed by atoms with Crippen molar-refractivity contribution in [3.63, 3.8) is 0 Å². The van der Waals surface area contributed by atoms with Crippen molar-refractivity contribution in [3.05, 3.63) is 60.3 Å². The Morgan fingerprint density at radius 1 is 1.11 bits per heavy atom. The average molecular weight is 362 g/mol. The van der Waals surface area contributed by atoms with Crippen molar-refractivity contribution in [1.82, 2.24) is 24.1 Å². The molecule has 0 radical (unpaired) electrons. The Kier molecular flexibility index (Phi) is 4.58. The molecule has 2 aromatic heterocycles. The number of carbonyl (C=O) groups is 1. The van der Waals surface area contributed by atoms with Gasteiger partial charge in [0.25, 0.3) is 0 Å². The summed E-state index contributed by atoms with van der Waals surface area (Å²) >= 11 is 0. The SMILES string of the molecule is Cc1nc(-c2nccn2CCN2N=C(c3ccccc3)CCC2=O)cn1C. The highest BCUT2D eigenvalue weighted by molar-refractivity contribution is 6.04. The van der Waals surface area contributed by atoms with Crippen LogP contribution in [-0.4, -0.2) is 42.3 Å². The minimum Gasteiger partial charge on any atom is -0.337 e. The fourth-order valence-electron chi connectivity index (χ4n) is 3.21. The van der Waals surface area contributed by atoms with E-state index >= 15 is 0 Å². The number of aromatic nitrogens is 4. The van der Waals surface area contributed by atoms with Gasteiger partial charge in [-0.1, -0.05) is 30.3 Å². The maximum absolute atomic E-state index is 12.3. The number of imidazole rings is 2. The van der Waals surface area contributed by atoms with Crippen LogP contribution in [0.3, 0.4) is 0 Å². The normalized spacial score (nSPS) is 14.5. The number of amides is 1. The first kappa shape index (κ1) is 17.2. The van der Waals surface area contributed by atoms with Gasteiger partial charge in [0.2, 0.25) is 5.91 Å². The van der Waals surface area contributed by atoms with E-state index < -0.39 is 0 Å². The molecular formula is C20H22N6O. The highest BCUT2D eigenvalue weighted by Gasteiger charge is 2.21. The van der Waals surface area contributed by atoms with Gasteiger partial charge in [0.1, 0.15) is 11.5 Å².